The van der Waals surface area contributed by atoms with E-state index in [4.69, 9.17) is 9.15 Å². The van der Waals surface area contributed by atoms with Gasteiger partial charge >= 0.3 is 0 Å². The Morgan fingerprint density at radius 3 is 2.53 bits per heavy atom. The number of carbonyl (C=O) groups excluding carboxylic acids is 2. The van der Waals surface area contributed by atoms with Crippen LogP contribution in [0, 0.1) is 0 Å². The summed E-state index contributed by atoms with van der Waals surface area (Å²) in [5.41, 5.74) is 1.35. The number of rotatable bonds is 7. The molecule has 1 atom stereocenters. The molecule has 1 aliphatic carbocycles. The molecule has 7 heteroatoms. The van der Waals surface area contributed by atoms with Crippen molar-refractivity contribution in [3.8, 4) is 17.2 Å². The Morgan fingerprint density at radius 2 is 1.81 bits per heavy atom. The van der Waals surface area contributed by atoms with Crippen LogP contribution < -0.4 is 10.1 Å². The number of carbonyl (C=O) groups is 2. The van der Waals surface area contributed by atoms with Gasteiger partial charge < -0.3 is 23.9 Å². The Kier molecular flexibility index (Phi) is 6.90. The summed E-state index contributed by atoms with van der Waals surface area (Å²) < 4.78 is 13.1. The van der Waals surface area contributed by atoms with Gasteiger partial charge in [-0.25, -0.2) is 0 Å². The van der Waals surface area contributed by atoms with E-state index >= 15 is 0 Å². The summed E-state index contributed by atoms with van der Waals surface area (Å²) in [6.07, 6.45) is 8.88. The lowest BCUT2D eigenvalue weighted by molar-refractivity contribution is -0.133. The maximum atomic E-state index is 14.0. The zero-order valence-corrected chi connectivity index (χ0v) is 21.2. The van der Waals surface area contributed by atoms with E-state index in [-0.39, 0.29) is 17.9 Å². The van der Waals surface area contributed by atoms with Gasteiger partial charge in [-0.15, -0.1) is 0 Å². The number of para-hydroxylation sites is 1. The molecule has 0 unspecified atom stereocenters. The molecule has 7 nitrogen and oxygen atoms in total. The summed E-state index contributed by atoms with van der Waals surface area (Å²) in [7, 11) is 1.65. The van der Waals surface area contributed by atoms with E-state index in [1.54, 1.807) is 18.3 Å². The zero-order valence-electron chi connectivity index (χ0n) is 21.2. The van der Waals surface area contributed by atoms with Crippen molar-refractivity contribution >= 4 is 11.8 Å². The van der Waals surface area contributed by atoms with Crippen LogP contribution >= 0.6 is 0 Å². The second-order valence-electron chi connectivity index (χ2n) is 10.1. The molecule has 1 aliphatic heterocycles. The van der Waals surface area contributed by atoms with E-state index < -0.39 is 5.54 Å². The van der Waals surface area contributed by atoms with Crippen molar-refractivity contribution in [2.75, 3.05) is 13.7 Å². The predicted octanol–water partition coefficient (Wildman–Crippen LogP) is 5.05. The second kappa shape index (κ2) is 10.2. The standard InChI is InChI=1S/C29H35N3O4/c1-29(28(34)30-22-11-5-3-4-6-12-22)20-31-23(26-14-9-19-36-26)15-16-24(31)27(33)32(29)18-17-21-10-7-8-13-25(21)35-2/h7-10,13-16,19,22H,3-6,11-12,17-18,20H2,1-2H3,(H,30,34)/t29-/m1/s1. The van der Waals surface area contributed by atoms with E-state index in [0.717, 1.165) is 42.7 Å². The summed E-state index contributed by atoms with van der Waals surface area (Å²) in [4.78, 5) is 29.6. The van der Waals surface area contributed by atoms with Crippen molar-refractivity contribution in [3.05, 3.63) is 66.1 Å². The van der Waals surface area contributed by atoms with Crippen LogP contribution in [-0.4, -0.2) is 46.5 Å². The number of ether oxygens (including phenoxy) is 1. The van der Waals surface area contributed by atoms with Crippen LogP contribution in [0.2, 0.25) is 0 Å². The van der Waals surface area contributed by atoms with E-state index in [1.807, 2.05) is 60.0 Å². The first-order valence-electron chi connectivity index (χ1n) is 13.0. The lowest BCUT2D eigenvalue weighted by Crippen LogP contribution is -2.65. The van der Waals surface area contributed by atoms with Gasteiger partial charge in [-0.1, -0.05) is 43.9 Å². The van der Waals surface area contributed by atoms with Gasteiger partial charge in [0.1, 0.15) is 22.7 Å². The first-order chi connectivity index (χ1) is 17.5. The number of fused-ring (bicyclic) bond motifs is 1. The number of methoxy groups -OCH3 is 1. The number of hydrogen-bond donors (Lipinski definition) is 1. The van der Waals surface area contributed by atoms with Crippen molar-refractivity contribution in [3.63, 3.8) is 0 Å². The molecule has 2 aromatic heterocycles. The zero-order chi connectivity index (χ0) is 25.1. The Morgan fingerprint density at radius 1 is 1.06 bits per heavy atom. The van der Waals surface area contributed by atoms with Crippen LogP contribution in [0.15, 0.2) is 59.2 Å². The third-order valence-electron chi connectivity index (χ3n) is 7.76. The minimum atomic E-state index is -1.04. The number of aromatic nitrogens is 1. The number of amides is 2. The molecule has 3 aromatic rings. The summed E-state index contributed by atoms with van der Waals surface area (Å²) in [5.74, 6) is 1.23. The SMILES string of the molecule is COc1ccccc1CCN1C(=O)c2ccc(-c3ccco3)n2C[C@]1(C)C(=O)NC1CCCCCC1. The van der Waals surface area contributed by atoms with Crippen molar-refractivity contribution < 1.29 is 18.7 Å². The fraction of sp³-hybridized carbons (Fsp3) is 0.448. The fourth-order valence-corrected chi connectivity index (χ4v) is 5.67. The lowest BCUT2D eigenvalue weighted by atomic mass is 9.92. The smallest absolute Gasteiger partial charge is 0.271 e. The highest BCUT2D eigenvalue weighted by atomic mass is 16.5. The van der Waals surface area contributed by atoms with Crippen LogP contribution in [0.1, 0.15) is 61.5 Å². The second-order valence-corrected chi connectivity index (χ2v) is 10.1. The highest BCUT2D eigenvalue weighted by Gasteiger charge is 2.48. The predicted molar refractivity (Wildman–Crippen MR) is 138 cm³/mol. The minimum Gasteiger partial charge on any atom is -0.496 e. The number of nitrogens with one attached hydrogen (secondary N) is 1. The largest absolute Gasteiger partial charge is 0.496 e. The van der Waals surface area contributed by atoms with Gasteiger partial charge in [-0.3, -0.25) is 9.59 Å². The Balaban J connectivity index is 1.47. The van der Waals surface area contributed by atoms with E-state index in [1.165, 1.54) is 12.8 Å². The number of nitrogens with zero attached hydrogens (tertiary/aromatic N) is 2. The number of benzene rings is 1. The van der Waals surface area contributed by atoms with Gasteiger partial charge in [-0.2, -0.15) is 0 Å². The molecule has 1 saturated carbocycles. The van der Waals surface area contributed by atoms with Crippen LogP contribution in [0.4, 0.5) is 0 Å². The Labute approximate surface area is 212 Å². The summed E-state index contributed by atoms with van der Waals surface area (Å²) in [6, 6.07) is 15.4. The number of hydrogen-bond acceptors (Lipinski definition) is 4. The first kappa shape index (κ1) is 24.2. The molecule has 0 spiro atoms. The third-order valence-corrected chi connectivity index (χ3v) is 7.76. The molecule has 0 saturated heterocycles. The molecule has 1 fully saturated rings. The van der Waals surface area contributed by atoms with Crippen LogP contribution in [0.3, 0.4) is 0 Å². The normalized spacial score (nSPS) is 20.6. The Hall–Kier alpha value is -3.48. The quantitative estimate of drug-likeness (QED) is 0.471. The summed E-state index contributed by atoms with van der Waals surface area (Å²) >= 11 is 0. The molecule has 3 heterocycles. The highest BCUT2D eigenvalue weighted by molar-refractivity contribution is 6.00. The van der Waals surface area contributed by atoms with Crippen LogP contribution in [-0.2, 0) is 17.8 Å². The first-order valence-corrected chi connectivity index (χ1v) is 13.0. The molecular weight excluding hydrogens is 454 g/mol. The average molecular weight is 490 g/mol. The molecule has 0 bridgehead atoms. The van der Waals surface area contributed by atoms with Gasteiger partial charge in [0, 0.05) is 12.6 Å². The van der Waals surface area contributed by atoms with Crippen molar-refractivity contribution in [2.24, 2.45) is 0 Å². The van der Waals surface area contributed by atoms with Gasteiger partial charge in [0.2, 0.25) is 5.91 Å². The third kappa shape index (κ3) is 4.54. The highest BCUT2D eigenvalue weighted by Crippen LogP contribution is 2.34. The minimum absolute atomic E-state index is 0.0903. The monoisotopic (exact) mass is 489 g/mol. The van der Waals surface area contributed by atoms with Gasteiger partial charge in [0.25, 0.3) is 5.91 Å². The van der Waals surface area contributed by atoms with Crippen molar-refractivity contribution in [2.45, 2.75) is 70.0 Å². The fourth-order valence-electron chi connectivity index (χ4n) is 5.67. The number of furan rings is 1. The topological polar surface area (TPSA) is 76.7 Å². The molecule has 0 radical (unpaired) electrons. The molecule has 1 aromatic carbocycles. The molecule has 36 heavy (non-hydrogen) atoms. The molecule has 2 amide bonds. The van der Waals surface area contributed by atoms with E-state index in [2.05, 4.69) is 5.32 Å². The maximum absolute atomic E-state index is 14.0. The van der Waals surface area contributed by atoms with Gasteiger partial charge in [0.05, 0.1) is 25.6 Å². The van der Waals surface area contributed by atoms with Gasteiger partial charge in [-0.05, 0) is 62.1 Å². The summed E-state index contributed by atoms with van der Waals surface area (Å²) in [6.45, 7) is 2.67. The molecule has 2 aliphatic rings. The van der Waals surface area contributed by atoms with Crippen LogP contribution in [0.25, 0.3) is 11.5 Å². The average Bonchev–Trinajstić information content (AvgIpc) is 3.49. The molecule has 1 N–H and O–H groups in total. The van der Waals surface area contributed by atoms with Crippen molar-refractivity contribution in [1.82, 2.24) is 14.8 Å². The molecule has 190 valence electrons. The molecule has 5 rings (SSSR count). The van der Waals surface area contributed by atoms with Crippen LogP contribution in [0.5, 0.6) is 5.75 Å². The van der Waals surface area contributed by atoms with Crippen molar-refractivity contribution in [1.29, 1.82) is 0 Å². The van der Waals surface area contributed by atoms with E-state index in [9.17, 15) is 9.59 Å². The molecular formula is C29H35N3O4. The van der Waals surface area contributed by atoms with E-state index in [0.29, 0.717) is 31.0 Å². The Bertz CT molecular complexity index is 1210. The van der Waals surface area contributed by atoms with Gasteiger partial charge in [0.15, 0.2) is 0 Å². The maximum Gasteiger partial charge on any atom is 0.271 e. The summed E-state index contributed by atoms with van der Waals surface area (Å²) in [5, 5.41) is 3.32. The lowest BCUT2D eigenvalue weighted by Gasteiger charge is -2.45.